The second-order valence-electron chi connectivity index (χ2n) is 5.37. The molecule has 1 aromatic carbocycles. The third-order valence-corrected chi connectivity index (χ3v) is 4.05. The summed E-state index contributed by atoms with van der Waals surface area (Å²) in [5.41, 5.74) is 1.83. The van der Waals surface area contributed by atoms with Crippen molar-refractivity contribution in [2.24, 2.45) is 0 Å². The number of carboxylic acid groups (broad SMARTS) is 1. The van der Waals surface area contributed by atoms with Gasteiger partial charge in [0.1, 0.15) is 5.54 Å². The molecule has 19 heavy (non-hydrogen) atoms. The van der Waals surface area contributed by atoms with Gasteiger partial charge in [0.25, 0.3) is 0 Å². The molecule has 0 aromatic heterocycles. The second-order valence-corrected chi connectivity index (χ2v) is 5.37. The van der Waals surface area contributed by atoms with Crippen molar-refractivity contribution in [2.75, 3.05) is 6.54 Å². The van der Waals surface area contributed by atoms with Gasteiger partial charge in [-0.1, -0.05) is 12.1 Å². The molecule has 1 saturated heterocycles. The maximum atomic E-state index is 11.4. The van der Waals surface area contributed by atoms with Crippen LogP contribution in [0.25, 0.3) is 0 Å². The highest BCUT2D eigenvalue weighted by atomic mass is 16.4. The molecule has 4 nitrogen and oxygen atoms in total. The van der Waals surface area contributed by atoms with Gasteiger partial charge in [-0.25, -0.2) is 0 Å². The highest BCUT2D eigenvalue weighted by Crippen LogP contribution is 2.31. The highest BCUT2D eigenvalue weighted by Gasteiger charge is 2.43. The molecule has 1 aliphatic rings. The lowest BCUT2D eigenvalue weighted by molar-refractivity contribution is -0.148. The fourth-order valence-corrected chi connectivity index (χ4v) is 2.62. The van der Waals surface area contributed by atoms with Crippen LogP contribution in [-0.2, 0) is 11.3 Å². The van der Waals surface area contributed by atoms with Crippen molar-refractivity contribution in [1.29, 1.82) is 5.26 Å². The van der Waals surface area contributed by atoms with Gasteiger partial charge in [0.15, 0.2) is 0 Å². The lowest BCUT2D eigenvalue weighted by atomic mass is 9.98. The Labute approximate surface area is 113 Å². The molecule has 1 fully saturated rings. The number of likely N-dealkylation sites (tertiary alicyclic amines) is 1. The maximum absolute atomic E-state index is 11.4. The number of hydrogen-bond donors (Lipinski definition) is 1. The van der Waals surface area contributed by atoms with E-state index in [1.165, 1.54) is 0 Å². The van der Waals surface area contributed by atoms with Gasteiger partial charge >= 0.3 is 5.97 Å². The van der Waals surface area contributed by atoms with E-state index < -0.39 is 11.5 Å². The number of carboxylic acids is 1. The SMILES string of the molecule is Cc1ccc(CN2CCCC2(C)C(=O)O)cc1C#N. The number of aryl methyl sites for hydroxylation is 1. The number of nitriles is 1. The molecule has 1 unspecified atom stereocenters. The third kappa shape index (κ3) is 2.47. The van der Waals surface area contributed by atoms with E-state index in [-0.39, 0.29) is 0 Å². The van der Waals surface area contributed by atoms with E-state index in [1.54, 1.807) is 6.92 Å². The minimum Gasteiger partial charge on any atom is -0.480 e. The molecular weight excluding hydrogens is 240 g/mol. The van der Waals surface area contributed by atoms with Gasteiger partial charge in [0, 0.05) is 6.54 Å². The Morgan fingerprint density at radius 1 is 1.58 bits per heavy atom. The molecule has 0 amide bonds. The zero-order valence-electron chi connectivity index (χ0n) is 11.3. The predicted octanol–water partition coefficient (Wildman–Crippen LogP) is 2.31. The monoisotopic (exact) mass is 258 g/mol. The van der Waals surface area contributed by atoms with Crippen molar-refractivity contribution in [2.45, 2.75) is 38.8 Å². The fraction of sp³-hybridized carbons (Fsp3) is 0.467. The molecular formula is C15H18N2O2. The molecule has 0 spiro atoms. The Morgan fingerprint density at radius 2 is 2.32 bits per heavy atom. The van der Waals surface area contributed by atoms with E-state index in [0.29, 0.717) is 18.5 Å². The van der Waals surface area contributed by atoms with Crippen LogP contribution in [0.3, 0.4) is 0 Å². The van der Waals surface area contributed by atoms with Crippen molar-refractivity contribution in [1.82, 2.24) is 4.90 Å². The van der Waals surface area contributed by atoms with Crippen LogP contribution in [0, 0.1) is 18.3 Å². The van der Waals surface area contributed by atoms with Gasteiger partial charge in [-0.3, -0.25) is 9.69 Å². The maximum Gasteiger partial charge on any atom is 0.323 e. The van der Waals surface area contributed by atoms with Gasteiger partial charge in [-0.05, 0) is 50.4 Å². The largest absolute Gasteiger partial charge is 0.480 e. The molecule has 1 aromatic rings. The van der Waals surface area contributed by atoms with E-state index in [0.717, 1.165) is 24.1 Å². The summed E-state index contributed by atoms with van der Waals surface area (Å²) >= 11 is 0. The van der Waals surface area contributed by atoms with Crippen LogP contribution in [0.4, 0.5) is 0 Å². The summed E-state index contributed by atoms with van der Waals surface area (Å²) in [6.07, 6.45) is 1.58. The minimum atomic E-state index is -0.780. The van der Waals surface area contributed by atoms with Gasteiger partial charge in [0.2, 0.25) is 0 Å². The van der Waals surface area contributed by atoms with Crippen molar-refractivity contribution in [3.63, 3.8) is 0 Å². The molecule has 0 saturated carbocycles. The minimum absolute atomic E-state index is 0.581. The van der Waals surface area contributed by atoms with Crippen LogP contribution in [0.1, 0.15) is 36.5 Å². The summed E-state index contributed by atoms with van der Waals surface area (Å²) in [4.78, 5) is 13.4. The Hall–Kier alpha value is -1.86. The van der Waals surface area contributed by atoms with Crippen LogP contribution < -0.4 is 0 Å². The Bertz CT molecular complexity index is 548. The Balaban J connectivity index is 2.22. The van der Waals surface area contributed by atoms with Gasteiger partial charge in [-0.2, -0.15) is 5.26 Å². The Morgan fingerprint density at radius 3 is 2.95 bits per heavy atom. The third-order valence-electron chi connectivity index (χ3n) is 4.05. The molecule has 2 rings (SSSR count). The second kappa shape index (κ2) is 5.02. The smallest absolute Gasteiger partial charge is 0.323 e. The zero-order chi connectivity index (χ0) is 14.0. The summed E-state index contributed by atoms with van der Waals surface area (Å²) in [6.45, 7) is 5.05. The molecule has 1 N–H and O–H groups in total. The number of carbonyl (C=O) groups is 1. The van der Waals surface area contributed by atoms with Gasteiger partial charge in [-0.15, -0.1) is 0 Å². The average Bonchev–Trinajstić information content (AvgIpc) is 2.75. The summed E-state index contributed by atoms with van der Waals surface area (Å²) in [5, 5.41) is 18.4. The Kier molecular flexibility index (Phi) is 3.59. The molecule has 1 heterocycles. The summed E-state index contributed by atoms with van der Waals surface area (Å²) in [7, 11) is 0. The average molecular weight is 258 g/mol. The lowest BCUT2D eigenvalue weighted by Gasteiger charge is -2.31. The quantitative estimate of drug-likeness (QED) is 0.903. The predicted molar refractivity (Wildman–Crippen MR) is 71.6 cm³/mol. The van der Waals surface area contributed by atoms with Crippen molar-refractivity contribution >= 4 is 5.97 Å². The van der Waals surface area contributed by atoms with E-state index in [1.807, 2.05) is 30.0 Å². The molecule has 0 radical (unpaired) electrons. The van der Waals surface area contributed by atoms with Crippen LogP contribution in [-0.4, -0.2) is 28.1 Å². The molecule has 0 bridgehead atoms. The summed E-state index contributed by atoms with van der Waals surface area (Å²) < 4.78 is 0. The molecule has 1 aliphatic heterocycles. The van der Waals surface area contributed by atoms with E-state index in [4.69, 9.17) is 5.26 Å². The number of hydrogen-bond acceptors (Lipinski definition) is 3. The summed E-state index contributed by atoms with van der Waals surface area (Å²) in [6, 6.07) is 7.91. The lowest BCUT2D eigenvalue weighted by Crippen LogP contribution is -2.47. The van der Waals surface area contributed by atoms with Crippen molar-refractivity contribution in [3.8, 4) is 6.07 Å². The fourth-order valence-electron chi connectivity index (χ4n) is 2.62. The molecule has 1 atom stereocenters. The topological polar surface area (TPSA) is 64.3 Å². The first-order valence-corrected chi connectivity index (χ1v) is 6.45. The summed E-state index contributed by atoms with van der Waals surface area (Å²) in [5.74, 6) is -0.766. The van der Waals surface area contributed by atoms with Gasteiger partial charge < -0.3 is 5.11 Å². The van der Waals surface area contributed by atoms with E-state index in [2.05, 4.69) is 6.07 Å². The van der Waals surface area contributed by atoms with Crippen molar-refractivity contribution < 1.29 is 9.90 Å². The normalized spacial score (nSPS) is 23.2. The number of aliphatic carboxylic acids is 1. The van der Waals surface area contributed by atoms with Crippen molar-refractivity contribution in [3.05, 3.63) is 34.9 Å². The van der Waals surface area contributed by atoms with Crippen LogP contribution in [0.5, 0.6) is 0 Å². The van der Waals surface area contributed by atoms with Crippen LogP contribution in [0.15, 0.2) is 18.2 Å². The number of benzene rings is 1. The number of nitrogens with zero attached hydrogens (tertiary/aromatic N) is 2. The highest BCUT2D eigenvalue weighted by molar-refractivity contribution is 5.78. The molecule has 4 heteroatoms. The van der Waals surface area contributed by atoms with Crippen LogP contribution >= 0.6 is 0 Å². The first-order valence-electron chi connectivity index (χ1n) is 6.45. The first kappa shape index (κ1) is 13.6. The van der Waals surface area contributed by atoms with Crippen LogP contribution in [0.2, 0.25) is 0 Å². The molecule has 0 aliphatic carbocycles. The first-order chi connectivity index (χ1) is 8.97. The number of rotatable bonds is 3. The zero-order valence-corrected chi connectivity index (χ0v) is 11.3. The van der Waals surface area contributed by atoms with E-state index >= 15 is 0 Å². The standard InChI is InChI=1S/C15H18N2O2/c1-11-4-5-12(8-13(11)9-16)10-17-7-3-6-15(17,2)14(18)19/h4-5,8H,3,6-7,10H2,1-2H3,(H,18,19). The van der Waals surface area contributed by atoms with E-state index in [9.17, 15) is 9.90 Å². The molecule has 100 valence electrons. The van der Waals surface area contributed by atoms with Gasteiger partial charge in [0.05, 0.1) is 11.6 Å².